The molecule has 272 valence electrons. The molecule has 4 saturated carbocycles. The van der Waals surface area contributed by atoms with Crippen molar-refractivity contribution in [1.29, 1.82) is 0 Å². The normalized spacial score (nSPS) is 38.6. The van der Waals surface area contributed by atoms with Crippen LogP contribution in [-0.4, -0.2) is 100 Å². The second-order valence-corrected chi connectivity index (χ2v) is 18.5. The summed E-state index contributed by atoms with van der Waals surface area (Å²) >= 11 is 3.99. The minimum absolute atomic E-state index is 0.158. The molecule has 0 aromatic rings. The van der Waals surface area contributed by atoms with Crippen LogP contribution in [0.4, 0.5) is 4.79 Å². The summed E-state index contributed by atoms with van der Waals surface area (Å²) in [6, 6.07) is 0.556. The first-order valence-electron chi connectivity index (χ1n) is 19.8. The predicted octanol–water partition coefficient (Wildman–Crippen LogP) is 7.56. The van der Waals surface area contributed by atoms with Crippen LogP contribution in [0, 0.1) is 35.5 Å². The van der Waals surface area contributed by atoms with Crippen molar-refractivity contribution in [2.24, 2.45) is 35.5 Å². The lowest BCUT2D eigenvalue weighted by atomic mass is 9.68. The van der Waals surface area contributed by atoms with Crippen molar-refractivity contribution >= 4 is 41.4 Å². The third-order valence-electron chi connectivity index (χ3n) is 13.4. The third-order valence-corrected chi connectivity index (χ3v) is 16.3. The molecule has 10 atom stereocenters. The maximum absolute atomic E-state index is 14.5. The molecule has 8 nitrogen and oxygen atoms in total. The summed E-state index contributed by atoms with van der Waals surface area (Å²) in [4.78, 5) is 50.5. The molecule has 0 radical (unpaired) electrons. The minimum atomic E-state index is -0.963. The number of imide groups is 2. The van der Waals surface area contributed by atoms with Crippen molar-refractivity contribution in [1.82, 2.24) is 19.6 Å². The van der Waals surface area contributed by atoms with Gasteiger partial charge in [-0.15, -0.1) is 23.5 Å². The van der Waals surface area contributed by atoms with E-state index < -0.39 is 17.9 Å². The third kappa shape index (κ3) is 6.73. The first kappa shape index (κ1) is 35.7. The first-order valence-corrected chi connectivity index (χ1v) is 21.5. The van der Waals surface area contributed by atoms with Crippen LogP contribution < -0.4 is 0 Å². The summed E-state index contributed by atoms with van der Waals surface area (Å²) in [5.74, 6) is 1.01. The largest absolute Gasteiger partial charge is 0.383 e. The van der Waals surface area contributed by atoms with Gasteiger partial charge in [0.05, 0.1) is 23.2 Å². The number of carbonyl (C=O) groups is 3. The number of urea groups is 1. The van der Waals surface area contributed by atoms with Gasteiger partial charge in [-0.25, -0.2) is 4.79 Å². The van der Waals surface area contributed by atoms with Gasteiger partial charge in [0.2, 0.25) is 11.8 Å². The summed E-state index contributed by atoms with van der Waals surface area (Å²) in [5, 5.41) is 3.57. The number of barbiturate groups is 1. The fourth-order valence-electron chi connectivity index (χ4n) is 11.0. The van der Waals surface area contributed by atoms with E-state index >= 15 is 0 Å². The number of ether oxygens (including phenoxy) is 1. The Bertz CT molecular complexity index is 1280. The highest BCUT2D eigenvalue weighted by molar-refractivity contribution is 8.04. The van der Waals surface area contributed by atoms with E-state index in [4.69, 9.17) is 4.74 Å². The van der Waals surface area contributed by atoms with Gasteiger partial charge in [0, 0.05) is 55.7 Å². The first-order chi connectivity index (χ1) is 23.9. The zero-order valence-electron chi connectivity index (χ0n) is 30.4. The topological polar surface area (TPSA) is 73.4 Å². The fraction of sp³-hybridized carbons (Fsp3) is 0.821. The highest BCUT2D eigenvalue weighted by Gasteiger charge is 2.52. The maximum Gasteiger partial charge on any atom is 0.333 e. The summed E-state index contributed by atoms with van der Waals surface area (Å²) < 4.78 is 5.34. The van der Waals surface area contributed by atoms with Crippen LogP contribution >= 0.6 is 23.5 Å². The van der Waals surface area contributed by atoms with Crippen molar-refractivity contribution in [3.63, 3.8) is 0 Å². The molecule has 7 aliphatic rings. The van der Waals surface area contributed by atoms with Crippen molar-refractivity contribution in [3.8, 4) is 0 Å². The molecule has 10 heteroatoms. The SMILES string of the molecule is CCCCN1C(=O)C(C(C=C2SC3CCC4CCCCC4C3N2C)C=C2SC3CCC4CCCCC4C3N2CC)C(=O)N(CCOC)C1=O. The van der Waals surface area contributed by atoms with Gasteiger partial charge < -0.3 is 14.5 Å². The maximum atomic E-state index is 14.5. The van der Waals surface area contributed by atoms with Gasteiger partial charge in [-0.05, 0) is 87.7 Å². The van der Waals surface area contributed by atoms with Crippen molar-refractivity contribution in [3.05, 3.63) is 22.2 Å². The smallest absolute Gasteiger partial charge is 0.333 e. The molecular weight excluding hydrogens is 653 g/mol. The molecule has 7 fully saturated rings. The zero-order chi connectivity index (χ0) is 34.2. The summed E-state index contributed by atoms with van der Waals surface area (Å²) in [6.07, 6.45) is 22.0. The van der Waals surface area contributed by atoms with Gasteiger partial charge in [-0.3, -0.25) is 19.4 Å². The molecule has 0 bridgehead atoms. The lowest BCUT2D eigenvalue weighted by Gasteiger charge is -2.45. The highest BCUT2D eigenvalue weighted by atomic mass is 32.2. The van der Waals surface area contributed by atoms with Crippen molar-refractivity contribution < 1.29 is 19.1 Å². The van der Waals surface area contributed by atoms with Gasteiger partial charge in [0.15, 0.2) is 0 Å². The number of carbonyl (C=O) groups excluding carboxylic acids is 3. The molecule has 0 spiro atoms. The molecule has 3 aliphatic heterocycles. The Hall–Kier alpha value is -1.65. The number of amides is 4. The Balaban J connectivity index is 1.27. The molecule has 7 rings (SSSR count). The van der Waals surface area contributed by atoms with Crippen molar-refractivity contribution in [2.75, 3.05) is 40.4 Å². The molecule has 4 aliphatic carbocycles. The summed E-state index contributed by atoms with van der Waals surface area (Å²) in [6.45, 7) is 6.03. The van der Waals surface area contributed by atoms with Crippen LogP contribution in [0.3, 0.4) is 0 Å². The molecule has 0 aromatic carbocycles. The molecule has 0 aromatic heterocycles. The van der Waals surface area contributed by atoms with Gasteiger partial charge in [0.1, 0.15) is 5.92 Å². The van der Waals surface area contributed by atoms with Crippen molar-refractivity contribution in [2.45, 2.75) is 126 Å². The van der Waals surface area contributed by atoms with Crippen LogP contribution in [-0.2, 0) is 14.3 Å². The Morgan fingerprint density at radius 2 is 1.33 bits per heavy atom. The second-order valence-electron chi connectivity index (χ2n) is 15.9. The van der Waals surface area contributed by atoms with Crippen LogP contribution in [0.1, 0.15) is 104 Å². The second kappa shape index (κ2) is 15.5. The van der Waals surface area contributed by atoms with E-state index in [-0.39, 0.29) is 25.0 Å². The van der Waals surface area contributed by atoms with E-state index in [9.17, 15) is 14.4 Å². The Morgan fingerprint density at radius 1 is 0.755 bits per heavy atom. The van der Waals surface area contributed by atoms with E-state index in [1.165, 1.54) is 96.9 Å². The van der Waals surface area contributed by atoms with Crippen LogP contribution in [0.5, 0.6) is 0 Å². The van der Waals surface area contributed by atoms with Gasteiger partial charge >= 0.3 is 6.03 Å². The number of thioether (sulfide) groups is 2. The molecular formula is C39H60N4O4S2. The number of fused-ring (bicyclic) bond motifs is 6. The number of nitrogens with zero attached hydrogens (tertiary/aromatic N) is 4. The molecule has 10 unspecified atom stereocenters. The van der Waals surface area contributed by atoms with E-state index in [0.717, 1.165) is 43.1 Å². The molecule has 49 heavy (non-hydrogen) atoms. The Labute approximate surface area is 303 Å². The number of methoxy groups -OCH3 is 1. The number of unbranched alkanes of at least 4 members (excludes halogenated alkanes) is 1. The molecule has 3 heterocycles. The van der Waals surface area contributed by atoms with E-state index in [1.807, 2.05) is 23.5 Å². The standard InChI is InChI=1S/C39H60N4O4S2/c1-5-7-20-42-37(44)34(38(45)43(39(42)46)21-22-47-4)27(23-32-40(3)35-28-14-10-8-12-25(28)16-18-30(35)48-32)24-33-41(6-2)36-29-15-11-9-13-26(29)17-19-31(36)49-33/h23-31,34-36H,5-22H2,1-4H3. The van der Waals surface area contributed by atoms with Crippen LogP contribution in [0.25, 0.3) is 0 Å². The lowest BCUT2D eigenvalue weighted by molar-refractivity contribution is -0.150. The van der Waals surface area contributed by atoms with E-state index in [2.05, 4.69) is 42.8 Å². The number of allylic oxidation sites excluding steroid dienone is 2. The zero-order valence-corrected chi connectivity index (χ0v) is 32.0. The highest BCUT2D eigenvalue weighted by Crippen LogP contribution is 2.55. The average Bonchev–Trinajstić information content (AvgIpc) is 3.64. The molecule has 0 N–H and O–H groups in total. The van der Waals surface area contributed by atoms with E-state index in [0.29, 0.717) is 29.1 Å². The van der Waals surface area contributed by atoms with Crippen LogP contribution in [0.2, 0.25) is 0 Å². The summed E-state index contributed by atoms with van der Waals surface area (Å²) in [5.41, 5.74) is 0. The molecule has 3 saturated heterocycles. The van der Waals surface area contributed by atoms with Gasteiger partial charge in [-0.2, -0.15) is 0 Å². The van der Waals surface area contributed by atoms with E-state index in [1.54, 1.807) is 7.11 Å². The predicted molar refractivity (Wildman–Crippen MR) is 199 cm³/mol. The number of hydrogen-bond donors (Lipinski definition) is 0. The monoisotopic (exact) mass is 712 g/mol. The van der Waals surface area contributed by atoms with Gasteiger partial charge in [-0.1, -0.05) is 51.9 Å². The van der Waals surface area contributed by atoms with Gasteiger partial charge in [0.25, 0.3) is 0 Å². The quantitative estimate of drug-likeness (QED) is 0.215. The van der Waals surface area contributed by atoms with Crippen LogP contribution in [0.15, 0.2) is 22.2 Å². The lowest BCUT2D eigenvalue weighted by Crippen LogP contribution is -2.61. The minimum Gasteiger partial charge on any atom is -0.383 e. The summed E-state index contributed by atoms with van der Waals surface area (Å²) in [7, 11) is 3.85. The molecule has 4 amide bonds. The average molecular weight is 713 g/mol. The number of hydrogen-bond acceptors (Lipinski definition) is 8. The number of rotatable bonds is 10. The Kier molecular flexibility index (Phi) is 11.3. The fourth-order valence-corrected chi connectivity index (χ4v) is 14.2. The Morgan fingerprint density at radius 3 is 1.96 bits per heavy atom.